The van der Waals surface area contributed by atoms with Crippen molar-refractivity contribution in [1.82, 2.24) is 30.3 Å². The molecule has 218 valence electrons. The number of para-hydroxylation sites is 1. The minimum Gasteiger partial charge on any atom is -0.382 e. The van der Waals surface area contributed by atoms with Gasteiger partial charge >= 0.3 is 12.2 Å². The lowest BCUT2D eigenvalue weighted by molar-refractivity contribution is -0.204. The van der Waals surface area contributed by atoms with Gasteiger partial charge in [0.25, 0.3) is 0 Å². The number of alkyl halides is 3. The molecule has 0 bridgehead atoms. The molecule has 11 nitrogen and oxygen atoms in total. The second kappa shape index (κ2) is 12.7. The Bertz CT molecular complexity index is 1410. The number of halogens is 5. The van der Waals surface area contributed by atoms with Crippen molar-refractivity contribution in [2.45, 2.75) is 37.7 Å². The van der Waals surface area contributed by atoms with Crippen LogP contribution in [0.5, 0.6) is 0 Å². The Morgan fingerprint density at radius 2 is 1.93 bits per heavy atom. The maximum atomic E-state index is 13.1. The first-order valence-corrected chi connectivity index (χ1v) is 13.1. The highest BCUT2D eigenvalue weighted by Crippen LogP contribution is 2.24. The molecule has 2 heterocycles. The van der Waals surface area contributed by atoms with E-state index in [4.69, 9.17) is 28.6 Å². The van der Waals surface area contributed by atoms with E-state index in [1.165, 1.54) is 28.9 Å². The van der Waals surface area contributed by atoms with Crippen LogP contribution >= 0.6 is 23.2 Å². The summed E-state index contributed by atoms with van der Waals surface area (Å²) in [4.78, 5) is 29.5. The number of amidine groups is 1. The SMILES string of the molecule is N=C(c1ccc(Cl)cc1)N(C[C@H](O)C(F)(F)F)C(=O)NCc1nc(NC2CCC(=O)NC2)n(-c2ccccc2Cl)n1. The highest BCUT2D eigenvalue weighted by molar-refractivity contribution is 6.32. The van der Waals surface area contributed by atoms with E-state index in [1.807, 2.05) is 0 Å². The van der Waals surface area contributed by atoms with Crippen LogP contribution in [0.3, 0.4) is 0 Å². The normalized spacial score (nSPS) is 16.0. The summed E-state index contributed by atoms with van der Waals surface area (Å²) < 4.78 is 40.8. The fourth-order valence-corrected chi connectivity index (χ4v) is 4.26. The molecule has 16 heteroatoms. The first kappa shape index (κ1) is 30.1. The summed E-state index contributed by atoms with van der Waals surface area (Å²) >= 11 is 12.2. The number of aliphatic hydroxyl groups is 1. The van der Waals surface area contributed by atoms with E-state index in [9.17, 15) is 27.9 Å². The number of carbonyl (C=O) groups is 2. The molecule has 0 saturated carbocycles. The lowest BCUT2D eigenvalue weighted by atomic mass is 10.1. The fourth-order valence-electron chi connectivity index (χ4n) is 3.92. The van der Waals surface area contributed by atoms with Gasteiger partial charge in [0.05, 0.1) is 23.8 Å². The van der Waals surface area contributed by atoms with E-state index >= 15 is 0 Å². The third-order valence-electron chi connectivity index (χ3n) is 6.09. The van der Waals surface area contributed by atoms with Gasteiger partial charge in [0.1, 0.15) is 5.84 Å². The zero-order valence-corrected chi connectivity index (χ0v) is 22.8. The number of anilines is 1. The molecule has 1 unspecified atom stereocenters. The third-order valence-corrected chi connectivity index (χ3v) is 6.67. The van der Waals surface area contributed by atoms with E-state index in [0.717, 1.165) is 0 Å². The summed E-state index contributed by atoms with van der Waals surface area (Å²) in [6.07, 6.45) is -7.06. The zero-order chi connectivity index (χ0) is 29.7. The standard InChI is InChI=1S/C25H25Cl2F3N8O3/c26-15-7-5-14(6-8-15)22(31)37(13-19(39)25(28,29)30)24(41)33-12-20-35-23(34-16-9-10-21(40)32-11-16)38(36-20)18-4-2-1-3-17(18)27/h1-8,16,19,31,39H,9-13H2,(H,32,40)(H,33,41)(H,34,35,36)/t16?,19-/m0/s1. The van der Waals surface area contributed by atoms with Crippen LogP contribution in [0.1, 0.15) is 24.2 Å². The second-order valence-electron chi connectivity index (χ2n) is 9.08. The predicted molar refractivity (Wildman–Crippen MR) is 145 cm³/mol. The summed E-state index contributed by atoms with van der Waals surface area (Å²) in [5.74, 6) is -0.307. The van der Waals surface area contributed by atoms with Crippen molar-refractivity contribution in [3.05, 3.63) is 70.0 Å². The molecule has 1 aromatic heterocycles. The number of nitrogens with one attached hydrogen (secondary N) is 4. The van der Waals surface area contributed by atoms with Gasteiger partial charge in [0, 0.05) is 29.6 Å². The van der Waals surface area contributed by atoms with Gasteiger partial charge in [-0.05, 0) is 42.8 Å². The molecular formula is C25H25Cl2F3N8O3. The minimum absolute atomic E-state index is 0.0663. The molecular weight excluding hydrogens is 588 g/mol. The Hall–Kier alpha value is -3.88. The molecule has 3 aromatic rings. The van der Waals surface area contributed by atoms with Gasteiger partial charge in [-0.2, -0.15) is 22.8 Å². The Kier molecular flexibility index (Phi) is 9.35. The zero-order valence-electron chi connectivity index (χ0n) is 21.3. The monoisotopic (exact) mass is 612 g/mol. The number of rotatable bonds is 8. The fraction of sp³-hybridized carbons (Fsp3) is 0.320. The van der Waals surface area contributed by atoms with Crippen molar-refractivity contribution in [1.29, 1.82) is 5.41 Å². The minimum atomic E-state index is -5.02. The van der Waals surface area contributed by atoms with Crippen molar-refractivity contribution in [2.24, 2.45) is 0 Å². The number of hydrogen-bond donors (Lipinski definition) is 5. The number of aliphatic hydroxyl groups excluding tert-OH is 1. The molecule has 0 radical (unpaired) electrons. The van der Waals surface area contributed by atoms with Gasteiger partial charge in [-0.25, -0.2) is 4.79 Å². The molecule has 1 saturated heterocycles. The van der Waals surface area contributed by atoms with E-state index in [-0.39, 0.29) is 35.8 Å². The smallest absolute Gasteiger partial charge is 0.382 e. The molecule has 41 heavy (non-hydrogen) atoms. The average Bonchev–Trinajstić information content (AvgIpc) is 3.33. The largest absolute Gasteiger partial charge is 0.416 e. The molecule has 2 aromatic carbocycles. The molecule has 3 amide bonds. The number of benzene rings is 2. The summed E-state index contributed by atoms with van der Waals surface area (Å²) in [7, 11) is 0. The van der Waals surface area contributed by atoms with E-state index < -0.39 is 30.7 Å². The highest BCUT2D eigenvalue weighted by Gasteiger charge is 2.41. The van der Waals surface area contributed by atoms with Crippen LogP contribution in [0.25, 0.3) is 5.69 Å². The van der Waals surface area contributed by atoms with Crippen LogP contribution < -0.4 is 16.0 Å². The van der Waals surface area contributed by atoms with Gasteiger partial charge in [0.15, 0.2) is 11.9 Å². The molecule has 4 rings (SSSR count). The maximum absolute atomic E-state index is 13.1. The second-order valence-corrected chi connectivity index (χ2v) is 9.92. The third kappa shape index (κ3) is 7.65. The number of hydrogen-bond acceptors (Lipinski definition) is 7. The number of piperidine rings is 1. The predicted octanol–water partition coefficient (Wildman–Crippen LogP) is 3.72. The molecule has 0 spiro atoms. The van der Waals surface area contributed by atoms with Crippen LogP contribution in [-0.2, 0) is 11.3 Å². The molecule has 1 fully saturated rings. The number of carbonyl (C=O) groups excluding carboxylic acids is 2. The average molecular weight is 613 g/mol. The topological polar surface area (TPSA) is 148 Å². The summed E-state index contributed by atoms with van der Waals surface area (Å²) in [5, 5.41) is 31.5. The van der Waals surface area contributed by atoms with Gasteiger partial charge in [-0.15, -0.1) is 5.10 Å². The van der Waals surface area contributed by atoms with E-state index in [2.05, 4.69) is 26.0 Å². The van der Waals surface area contributed by atoms with Crippen LogP contribution in [0, 0.1) is 5.41 Å². The molecule has 5 N–H and O–H groups in total. The van der Waals surface area contributed by atoms with Crippen molar-refractivity contribution < 1.29 is 27.9 Å². The van der Waals surface area contributed by atoms with Crippen LogP contribution in [-0.4, -0.2) is 74.0 Å². The number of aromatic nitrogens is 3. The van der Waals surface area contributed by atoms with Crippen molar-refractivity contribution >= 4 is 46.9 Å². The van der Waals surface area contributed by atoms with Gasteiger partial charge in [-0.3, -0.25) is 15.1 Å². The molecule has 1 aliphatic heterocycles. The van der Waals surface area contributed by atoms with Gasteiger partial charge in [0.2, 0.25) is 11.9 Å². The maximum Gasteiger partial charge on any atom is 0.416 e. The van der Waals surface area contributed by atoms with Crippen molar-refractivity contribution in [2.75, 3.05) is 18.4 Å². The Morgan fingerprint density at radius 3 is 2.56 bits per heavy atom. The number of nitrogens with zero attached hydrogens (tertiary/aromatic N) is 4. The Labute approximate surface area is 242 Å². The van der Waals surface area contributed by atoms with E-state index in [0.29, 0.717) is 40.0 Å². The van der Waals surface area contributed by atoms with Crippen molar-refractivity contribution in [3.8, 4) is 5.69 Å². The summed E-state index contributed by atoms with van der Waals surface area (Å²) in [6.45, 7) is -1.21. The lowest BCUT2D eigenvalue weighted by Gasteiger charge is -2.27. The van der Waals surface area contributed by atoms with Gasteiger partial charge < -0.3 is 21.1 Å². The first-order chi connectivity index (χ1) is 19.4. The first-order valence-electron chi connectivity index (χ1n) is 12.3. The molecule has 1 aliphatic rings. The quantitative estimate of drug-likeness (QED) is 0.193. The van der Waals surface area contributed by atoms with E-state index in [1.54, 1.807) is 24.3 Å². The number of urea groups is 1. The summed E-state index contributed by atoms with van der Waals surface area (Å²) in [6, 6.07) is 11.1. The van der Waals surface area contributed by atoms with Crippen molar-refractivity contribution in [3.63, 3.8) is 0 Å². The lowest BCUT2D eigenvalue weighted by Crippen LogP contribution is -2.50. The van der Waals surface area contributed by atoms with Crippen LogP contribution in [0.2, 0.25) is 10.0 Å². The Morgan fingerprint density at radius 1 is 1.22 bits per heavy atom. The highest BCUT2D eigenvalue weighted by atomic mass is 35.5. The van der Waals surface area contributed by atoms with Crippen LogP contribution in [0.15, 0.2) is 48.5 Å². The molecule has 0 aliphatic carbocycles. The summed E-state index contributed by atoms with van der Waals surface area (Å²) in [5.41, 5.74) is 0.576. The molecule has 2 atom stereocenters. The van der Waals surface area contributed by atoms with Gasteiger partial charge in [-0.1, -0.05) is 35.3 Å². The number of amides is 3. The Balaban J connectivity index is 1.56. The van der Waals surface area contributed by atoms with Crippen LogP contribution in [0.4, 0.5) is 23.9 Å².